The van der Waals surface area contributed by atoms with Crippen molar-refractivity contribution in [2.45, 2.75) is 12.8 Å². The quantitative estimate of drug-likeness (QED) is 0.279. The third kappa shape index (κ3) is 5.24. The number of carbonyl (C=O) groups is 1. The van der Waals surface area contributed by atoms with E-state index in [4.69, 9.17) is 4.74 Å². The number of thiophene rings is 1. The fourth-order valence-corrected chi connectivity index (χ4v) is 6.16. The van der Waals surface area contributed by atoms with Crippen LogP contribution in [0.4, 0.5) is 16.0 Å². The summed E-state index contributed by atoms with van der Waals surface area (Å²) >= 11 is 4.70. The molecule has 192 valence electrons. The highest BCUT2D eigenvalue weighted by Gasteiger charge is 2.28. The number of rotatable bonds is 9. The van der Waals surface area contributed by atoms with Crippen LogP contribution in [0.15, 0.2) is 58.4 Å². The van der Waals surface area contributed by atoms with Gasteiger partial charge in [-0.3, -0.25) is 14.1 Å². The highest BCUT2D eigenvalue weighted by Crippen LogP contribution is 2.36. The van der Waals surface area contributed by atoms with Crippen LogP contribution in [0.1, 0.15) is 12.0 Å². The van der Waals surface area contributed by atoms with Crippen molar-refractivity contribution in [3.63, 3.8) is 0 Å². The first-order valence-corrected chi connectivity index (χ1v) is 14.5. The number of sulfonamides is 1. The fraction of sp³-hybridized carbons (Fsp3) is 0.208. The number of halogens is 2. The fourth-order valence-electron chi connectivity index (χ4n) is 3.91. The van der Waals surface area contributed by atoms with Gasteiger partial charge in [-0.1, -0.05) is 28.1 Å². The Kier molecular flexibility index (Phi) is 7.01. The predicted octanol–water partition coefficient (Wildman–Crippen LogP) is 4.63. The van der Waals surface area contributed by atoms with Crippen LogP contribution in [0, 0.1) is 5.82 Å². The Hall–Kier alpha value is -3.29. The molecule has 1 N–H and O–H groups in total. The van der Waals surface area contributed by atoms with Crippen molar-refractivity contribution in [2.75, 3.05) is 29.0 Å². The van der Waals surface area contributed by atoms with Gasteiger partial charge in [0.15, 0.2) is 5.82 Å². The summed E-state index contributed by atoms with van der Waals surface area (Å²) in [7, 11) is -2.38. The molecular formula is C24H21BrFN5O4S2. The Morgan fingerprint density at radius 1 is 1.19 bits per heavy atom. The van der Waals surface area contributed by atoms with E-state index < -0.39 is 15.8 Å². The molecule has 0 bridgehead atoms. The molecule has 5 rings (SSSR count). The van der Waals surface area contributed by atoms with Crippen molar-refractivity contribution >= 4 is 54.8 Å². The van der Waals surface area contributed by atoms with Crippen molar-refractivity contribution < 1.29 is 22.3 Å². The molecule has 0 radical (unpaired) electrons. The number of aryl methyl sites for hydroxylation is 1. The van der Waals surface area contributed by atoms with E-state index in [9.17, 15) is 17.6 Å². The first kappa shape index (κ1) is 25.4. The number of aromatic nitrogens is 3. The number of β-lactam (4-membered cyclic amide) rings is 1. The second-order valence-electron chi connectivity index (χ2n) is 8.22. The molecule has 2 aromatic heterocycles. The third-order valence-corrected chi connectivity index (χ3v) is 8.71. The first-order valence-electron chi connectivity index (χ1n) is 11.2. The molecule has 0 saturated carbocycles. The molecule has 0 aliphatic carbocycles. The van der Waals surface area contributed by atoms with Gasteiger partial charge in [0.2, 0.25) is 21.9 Å². The molecule has 1 fully saturated rings. The molecule has 37 heavy (non-hydrogen) atoms. The average Bonchev–Trinajstić information content (AvgIpc) is 3.52. The Morgan fingerprint density at radius 2 is 2.03 bits per heavy atom. The lowest BCUT2D eigenvalue weighted by Gasteiger charge is -2.31. The topological polar surface area (TPSA) is 106 Å². The van der Waals surface area contributed by atoms with Crippen molar-refractivity contribution in [2.24, 2.45) is 0 Å². The average molecular weight is 606 g/mol. The van der Waals surface area contributed by atoms with Gasteiger partial charge < -0.3 is 9.64 Å². The minimum Gasteiger partial charge on any atom is -0.495 e. The molecule has 0 spiro atoms. The maximum absolute atomic E-state index is 13.4. The second-order valence-corrected chi connectivity index (χ2v) is 11.9. The Labute approximate surface area is 225 Å². The zero-order valence-electron chi connectivity index (χ0n) is 19.5. The lowest BCUT2D eigenvalue weighted by atomic mass is 10.1. The smallest absolute Gasteiger partial charge is 0.243 e. The maximum Gasteiger partial charge on any atom is 0.243 e. The molecule has 0 atom stereocenters. The first-order chi connectivity index (χ1) is 17.8. The van der Waals surface area contributed by atoms with Gasteiger partial charge in [-0.15, -0.1) is 21.5 Å². The molecule has 9 nitrogen and oxygen atoms in total. The monoisotopic (exact) mass is 605 g/mol. The SMILES string of the molecule is COc1ccc(N2CCC2=O)cc1-n1c(NS(=O)(=O)CCc2ccc(F)cc2Br)nnc1-c1cccs1. The molecule has 1 amide bonds. The number of hydrogen-bond acceptors (Lipinski definition) is 7. The molecule has 3 heterocycles. The van der Waals surface area contributed by atoms with E-state index in [2.05, 4.69) is 30.8 Å². The molecule has 1 saturated heterocycles. The van der Waals surface area contributed by atoms with Crippen molar-refractivity contribution in [1.82, 2.24) is 14.8 Å². The maximum atomic E-state index is 13.4. The number of nitrogens with one attached hydrogen (secondary N) is 1. The van der Waals surface area contributed by atoms with Gasteiger partial charge in [0.05, 0.1) is 23.4 Å². The van der Waals surface area contributed by atoms with Gasteiger partial charge in [-0.25, -0.2) is 12.8 Å². The van der Waals surface area contributed by atoms with Crippen molar-refractivity contribution in [3.8, 4) is 22.1 Å². The number of carbonyl (C=O) groups excluding carboxylic acids is 1. The summed E-state index contributed by atoms with van der Waals surface area (Å²) in [4.78, 5) is 14.5. The molecule has 13 heteroatoms. The van der Waals surface area contributed by atoms with Crippen LogP contribution in [-0.4, -0.2) is 48.5 Å². The van der Waals surface area contributed by atoms with Crippen LogP contribution in [0.3, 0.4) is 0 Å². The predicted molar refractivity (Wildman–Crippen MR) is 143 cm³/mol. The highest BCUT2D eigenvalue weighted by molar-refractivity contribution is 9.10. The van der Waals surface area contributed by atoms with Gasteiger partial charge in [-0.2, -0.15) is 0 Å². The normalized spacial score (nSPS) is 13.5. The van der Waals surface area contributed by atoms with Crippen LogP contribution in [0.25, 0.3) is 16.4 Å². The van der Waals surface area contributed by atoms with E-state index in [0.717, 1.165) is 4.88 Å². The van der Waals surface area contributed by atoms with E-state index in [1.807, 2.05) is 17.5 Å². The summed E-state index contributed by atoms with van der Waals surface area (Å²) in [5, 5.41) is 10.3. The van der Waals surface area contributed by atoms with E-state index in [-0.39, 0.29) is 24.0 Å². The summed E-state index contributed by atoms with van der Waals surface area (Å²) in [6, 6.07) is 13.1. The summed E-state index contributed by atoms with van der Waals surface area (Å²) in [5.41, 5.74) is 1.79. The van der Waals surface area contributed by atoms with Crippen LogP contribution in [-0.2, 0) is 21.2 Å². The summed E-state index contributed by atoms with van der Waals surface area (Å²) < 4.78 is 49.8. The molecule has 1 aliphatic rings. The number of ether oxygens (including phenoxy) is 1. The molecule has 1 aliphatic heterocycles. The van der Waals surface area contributed by atoms with Gasteiger partial charge in [0.1, 0.15) is 11.6 Å². The largest absolute Gasteiger partial charge is 0.495 e. The second kappa shape index (κ2) is 10.2. The summed E-state index contributed by atoms with van der Waals surface area (Å²) in [6.07, 6.45) is 0.627. The Bertz CT molecular complexity index is 1570. The Balaban J connectivity index is 1.52. The van der Waals surface area contributed by atoms with Gasteiger partial charge in [0.25, 0.3) is 0 Å². The summed E-state index contributed by atoms with van der Waals surface area (Å²) in [6.45, 7) is 0.600. The minimum absolute atomic E-state index is 0.00577. The standard InChI is InChI=1S/C24H21BrFN5O4S2/c1-35-20-7-6-17(30-10-8-22(30)32)14-19(20)31-23(21-3-2-11-36-21)27-28-24(31)29-37(33,34)12-9-15-4-5-16(26)13-18(15)25/h2-7,11,13-14H,8-10,12H2,1H3,(H,28,29). The van der Waals surface area contributed by atoms with Crippen LogP contribution in [0.2, 0.25) is 0 Å². The van der Waals surface area contributed by atoms with Gasteiger partial charge in [0, 0.05) is 23.1 Å². The zero-order valence-corrected chi connectivity index (χ0v) is 22.7. The van der Waals surface area contributed by atoms with E-state index in [1.54, 1.807) is 33.7 Å². The minimum atomic E-state index is -3.88. The van der Waals surface area contributed by atoms with Crippen molar-refractivity contribution in [1.29, 1.82) is 0 Å². The summed E-state index contributed by atoms with van der Waals surface area (Å²) in [5.74, 6) is 0.169. The number of hydrogen-bond donors (Lipinski definition) is 1. The lowest BCUT2D eigenvalue weighted by molar-refractivity contribution is -0.122. The number of amides is 1. The molecule has 4 aromatic rings. The van der Waals surface area contributed by atoms with E-state index in [0.29, 0.717) is 46.0 Å². The highest BCUT2D eigenvalue weighted by atomic mass is 79.9. The molecule has 2 aromatic carbocycles. The van der Waals surface area contributed by atoms with Crippen molar-refractivity contribution in [3.05, 3.63) is 69.8 Å². The lowest BCUT2D eigenvalue weighted by Crippen LogP contribution is -2.43. The van der Waals surface area contributed by atoms with Crippen LogP contribution >= 0.6 is 27.3 Å². The van der Waals surface area contributed by atoms with Crippen LogP contribution < -0.4 is 14.4 Å². The van der Waals surface area contributed by atoms with Gasteiger partial charge >= 0.3 is 0 Å². The van der Waals surface area contributed by atoms with E-state index >= 15 is 0 Å². The molecular weight excluding hydrogens is 585 g/mol. The number of anilines is 2. The van der Waals surface area contributed by atoms with Crippen LogP contribution in [0.5, 0.6) is 5.75 Å². The number of benzene rings is 2. The molecule has 0 unspecified atom stereocenters. The number of methoxy groups -OCH3 is 1. The van der Waals surface area contributed by atoms with Gasteiger partial charge in [-0.05, 0) is 53.8 Å². The Morgan fingerprint density at radius 3 is 2.68 bits per heavy atom. The third-order valence-electron chi connectivity index (χ3n) is 5.87. The zero-order chi connectivity index (χ0) is 26.2. The van der Waals surface area contributed by atoms with E-state index in [1.165, 1.54) is 30.6 Å². The number of nitrogens with zero attached hydrogens (tertiary/aromatic N) is 4.